The Bertz CT molecular complexity index is 438. The topological polar surface area (TPSA) is 36.9 Å². The third-order valence-electron chi connectivity index (χ3n) is 3.38. The van der Waals surface area contributed by atoms with Gasteiger partial charge in [0.05, 0.1) is 7.11 Å². The average Bonchev–Trinajstić information content (AvgIpc) is 2.52. The lowest BCUT2D eigenvalue weighted by atomic mass is 10.1. The Morgan fingerprint density at radius 3 is 2.64 bits per heavy atom. The molecular weight excluding hydrogens is 389 g/mol. The highest BCUT2D eigenvalue weighted by Crippen LogP contribution is 2.17. The quantitative estimate of drug-likeness (QED) is 0.398. The molecule has 0 saturated heterocycles. The van der Waals surface area contributed by atoms with E-state index in [9.17, 15) is 0 Å². The first kappa shape index (κ1) is 21.0. The first-order chi connectivity index (χ1) is 10.2. The summed E-state index contributed by atoms with van der Waals surface area (Å²) in [5, 5.41) is 3.35. The lowest BCUT2D eigenvalue weighted by Gasteiger charge is -2.21. The minimum absolute atomic E-state index is 0. The summed E-state index contributed by atoms with van der Waals surface area (Å²) in [4.78, 5) is 6.92. The van der Waals surface area contributed by atoms with Crippen LogP contribution in [-0.2, 0) is 6.42 Å². The molecule has 0 unspecified atom stereocenters. The number of halogens is 1. The maximum atomic E-state index is 5.38. The number of rotatable bonds is 8. The second-order valence-corrected chi connectivity index (χ2v) is 5.07. The van der Waals surface area contributed by atoms with Gasteiger partial charge in [-0.05, 0) is 31.4 Å². The molecule has 0 fully saturated rings. The molecule has 22 heavy (non-hydrogen) atoms. The second-order valence-electron chi connectivity index (χ2n) is 5.07. The Labute approximate surface area is 152 Å². The smallest absolute Gasteiger partial charge is 0.193 e. The van der Waals surface area contributed by atoms with Crippen LogP contribution in [0.4, 0.5) is 0 Å². The van der Waals surface area contributed by atoms with Gasteiger partial charge in [-0.3, -0.25) is 4.99 Å². The van der Waals surface area contributed by atoms with Gasteiger partial charge in [0.2, 0.25) is 0 Å². The van der Waals surface area contributed by atoms with Crippen LogP contribution < -0.4 is 10.1 Å². The van der Waals surface area contributed by atoms with E-state index >= 15 is 0 Å². The summed E-state index contributed by atoms with van der Waals surface area (Å²) in [7, 11) is 3.81. The number of unbranched alkanes of at least 4 members (excludes halogenated alkanes) is 1. The van der Waals surface area contributed by atoms with Gasteiger partial charge in [-0.2, -0.15) is 0 Å². The molecule has 1 N–H and O–H groups in total. The molecule has 1 aromatic carbocycles. The Balaban J connectivity index is 0.00000441. The molecule has 0 bridgehead atoms. The standard InChI is InChI=1S/C17H29N3O.HI/c1-5-7-14-20(3)17(18-6-2)19-13-12-15-10-8-9-11-16(15)21-4;/h8-11H,5-7,12-14H2,1-4H3,(H,18,19);1H. The minimum atomic E-state index is 0. The summed E-state index contributed by atoms with van der Waals surface area (Å²) >= 11 is 0. The third-order valence-corrected chi connectivity index (χ3v) is 3.38. The van der Waals surface area contributed by atoms with Crippen molar-refractivity contribution in [1.29, 1.82) is 0 Å². The van der Waals surface area contributed by atoms with Gasteiger partial charge in [0.25, 0.3) is 0 Å². The van der Waals surface area contributed by atoms with Crippen molar-refractivity contribution in [2.24, 2.45) is 4.99 Å². The van der Waals surface area contributed by atoms with Crippen molar-refractivity contribution in [3.8, 4) is 5.75 Å². The number of nitrogens with zero attached hydrogens (tertiary/aromatic N) is 2. The van der Waals surface area contributed by atoms with E-state index < -0.39 is 0 Å². The summed E-state index contributed by atoms with van der Waals surface area (Å²) < 4.78 is 5.38. The molecule has 0 atom stereocenters. The number of ether oxygens (including phenoxy) is 1. The van der Waals surface area contributed by atoms with Crippen molar-refractivity contribution in [2.75, 3.05) is 33.8 Å². The Kier molecular flexibility index (Phi) is 12.0. The fraction of sp³-hybridized carbons (Fsp3) is 0.588. The van der Waals surface area contributed by atoms with Crippen molar-refractivity contribution >= 4 is 29.9 Å². The first-order valence-corrected chi connectivity index (χ1v) is 7.84. The van der Waals surface area contributed by atoms with Crippen molar-refractivity contribution < 1.29 is 4.74 Å². The fourth-order valence-electron chi connectivity index (χ4n) is 2.16. The Hall–Kier alpha value is -0.980. The zero-order valence-corrected chi connectivity index (χ0v) is 16.6. The second kappa shape index (κ2) is 12.6. The van der Waals surface area contributed by atoms with Crippen LogP contribution in [0.3, 0.4) is 0 Å². The van der Waals surface area contributed by atoms with E-state index in [1.165, 1.54) is 18.4 Å². The van der Waals surface area contributed by atoms with Crippen LogP contribution in [0.1, 0.15) is 32.3 Å². The van der Waals surface area contributed by atoms with Gasteiger partial charge in [-0.25, -0.2) is 0 Å². The van der Waals surface area contributed by atoms with Crippen LogP contribution in [0.2, 0.25) is 0 Å². The predicted octanol–water partition coefficient (Wildman–Crippen LogP) is 3.55. The van der Waals surface area contributed by atoms with Crippen LogP contribution in [-0.4, -0.2) is 44.7 Å². The molecule has 4 nitrogen and oxygen atoms in total. The number of hydrogen-bond acceptors (Lipinski definition) is 2. The Morgan fingerprint density at radius 1 is 1.27 bits per heavy atom. The largest absolute Gasteiger partial charge is 0.496 e. The zero-order chi connectivity index (χ0) is 15.5. The zero-order valence-electron chi connectivity index (χ0n) is 14.3. The van der Waals surface area contributed by atoms with Gasteiger partial charge in [-0.1, -0.05) is 31.5 Å². The molecule has 0 aromatic heterocycles. The highest BCUT2D eigenvalue weighted by Gasteiger charge is 2.05. The molecule has 0 amide bonds. The van der Waals surface area contributed by atoms with Gasteiger partial charge in [0.15, 0.2) is 5.96 Å². The van der Waals surface area contributed by atoms with Crippen LogP contribution in [0, 0.1) is 0 Å². The van der Waals surface area contributed by atoms with Gasteiger partial charge in [-0.15, -0.1) is 24.0 Å². The van der Waals surface area contributed by atoms with Gasteiger partial charge < -0.3 is 15.0 Å². The number of methoxy groups -OCH3 is 1. The molecule has 0 aliphatic rings. The normalized spacial score (nSPS) is 10.8. The van der Waals surface area contributed by atoms with E-state index in [4.69, 9.17) is 9.73 Å². The van der Waals surface area contributed by atoms with E-state index in [0.717, 1.165) is 37.8 Å². The Morgan fingerprint density at radius 2 is 2.00 bits per heavy atom. The third kappa shape index (κ3) is 7.33. The number of hydrogen-bond donors (Lipinski definition) is 1. The number of para-hydroxylation sites is 1. The average molecular weight is 419 g/mol. The first-order valence-electron chi connectivity index (χ1n) is 7.84. The lowest BCUT2D eigenvalue weighted by Crippen LogP contribution is -2.39. The highest BCUT2D eigenvalue weighted by molar-refractivity contribution is 14.0. The summed E-state index contributed by atoms with van der Waals surface area (Å²) in [6, 6.07) is 8.13. The maximum Gasteiger partial charge on any atom is 0.193 e. The van der Waals surface area contributed by atoms with Crippen LogP contribution >= 0.6 is 24.0 Å². The molecule has 0 aliphatic heterocycles. The van der Waals surface area contributed by atoms with Crippen molar-refractivity contribution in [1.82, 2.24) is 10.2 Å². The van der Waals surface area contributed by atoms with E-state index in [2.05, 4.69) is 37.2 Å². The van der Waals surface area contributed by atoms with Crippen LogP contribution in [0.15, 0.2) is 29.3 Å². The van der Waals surface area contributed by atoms with E-state index in [1.54, 1.807) is 7.11 Å². The SMILES string of the molecule is CCCCN(C)C(=NCCc1ccccc1OC)NCC.I. The van der Waals surface area contributed by atoms with Crippen LogP contribution in [0.5, 0.6) is 5.75 Å². The molecule has 0 saturated carbocycles. The van der Waals surface area contributed by atoms with Gasteiger partial charge in [0, 0.05) is 26.7 Å². The molecule has 0 heterocycles. The molecule has 0 spiro atoms. The van der Waals surface area contributed by atoms with Crippen molar-refractivity contribution in [3.63, 3.8) is 0 Å². The number of benzene rings is 1. The molecule has 0 aliphatic carbocycles. The van der Waals surface area contributed by atoms with E-state index in [-0.39, 0.29) is 24.0 Å². The predicted molar refractivity (Wildman–Crippen MR) is 106 cm³/mol. The maximum absolute atomic E-state index is 5.38. The summed E-state index contributed by atoms with van der Waals surface area (Å²) in [6.07, 6.45) is 3.28. The van der Waals surface area contributed by atoms with E-state index in [0.29, 0.717) is 0 Å². The molecule has 1 aromatic rings. The number of guanidine groups is 1. The minimum Gasteiger partial charge on any atom is -0.496 e. The molecule has 1 rings (SSSR count). The van der Waals surface area contributed by atoms with Gasteiger partial charge in [0.1, 0.15) is 5.75 Å². The fourth-order valence-corrected chi connectivity index (χ4v) is 2.16. The number of nitrogens with one attached hydrogen (secondary N) is 1. The van der Waals surface area contributed by atoms with Gasteiger partial charge >= 0.3 is 0 Å². The summed E-state index contributed by atoms with van der Waals surface area (Å²) in [5.74, 6) is 1.93. The summed E-state index contributed by atoms with van der Waals surface area (Å²) in [6.45, 7) is 7.00. The molecule has 126 valence electrons. The molecular formula is C17H30IN3O. The van der Waals surface area contributed by atoms with Crippen LogP contribution in [0.25, 0.3) is 0 Å². The van der Waals surface area contributed by atoms with Crippen molar-refractivity contribution in [3.05, 3.63) is 29.8 Å². The van der Waals surface area contributed by atoms with E-state index in [1.807, 2.05) is 18.2 Å². The van der Waals surface area contributed by atoms with Crippen molar-refractivity contribution in [2.45, 2.75) is 33.1 Å². The molecule has 0 radical (unpaired) electrons. The lowest BCUT2D eigenvalue weighted by molar-refractivity contribution is 0.409. The highest BCUT2D eigenvalue weighted by atomic mass is 127. The number of aliphatic imine (C=N–C) groups is 1. The monoisotopic (exact) mass is 419 g/mol. The molecule has 5 heteroatoms. The summed E-state index contributed by atoms with van der Waals surface area (Å²) in [5.41, 5.74) is 1.20.